The minimum atomic E-state index is -4.90. The van der Waals surface area contributed by atoms with Gasteiger partial charge in [0.15, 0.2) is 0 Å². The smallest absolute Gasteiger partial charge is 0.113 e. The zero-order chi connectivity index (χ0) is 12.1. The fourth-order valence-corrected chi connectivity index (χ4v) is 1.57. The van der Waals surface area contributed by atoms with Gasteiger partial charge in [0.25, 0.3) is 0 Å². The van der Waals surface area contributed by atoms with Crippen molar-refractivity contribution in [1.29, 1.82) is 0 Å². The van der Waals surface area contributed by atoms with E-state index < -0.39 is 7.82 Å². The predicted octanol–water partition coefficient (Wildman–Crippen LogP) is 1.81. The van der Waals surface area contributed by atoms with Crippen LogP contribution in [-0.2, 0) is 9.09 Å². The Morgan fingerprint density at radius 3 is 1.93 bits per heavy atom. The standard InChI is InChI=1S/C10H21O4P/c1-5-8(3)10(9(4)6-2)7-14-15(11,12)13/h7-9H,5-6H2,1-4H3,(H2,11,12,13)/p-2. The number of hydrogen-bond donors (Lipinski definition) is 0. The highest BCUT2D eigenvalue weighted by molar-refractivity contribution is 7.43. The van der Waals surface area contributed by atoms with Gasteiger partial charge in [-0.05, 0) is 30.3 Å². The fraction of sp³-hybridized carbons (Fsp3) is 0.800. The van der Waals surface area contributed by atoms with Crippen molar-refractivity contribution in [3.8, 4) is 0 Å². The predicted molar refractivity (Wildman–Crippen MR) is 55.7 cm³/mol. The summed E-state index contributed by atoms with van der Waals surface area (Å²) in [5, 5.41) is 0. The Morgan fingerprint density at radius 2 is 1.67 bits per heavy atom. The van der Waals surface area contributed by atoms with Crippen LogP contribution in [0.1, 0.15) is 40.5 Å². The molecule has 90 valence electrons. The molecule has 0 radical (unpaired) electrons. The summed E-state index contributed by atoms with van der Waals surface area (Å²) in [6.45, 7) is 7.99. The summed E-state index contributed by atoms with van der Waals surface area (Å²) >= 11 is 0. The number of rotatable bonds is 6. The molecule has 15 heavy (non-hydrogen) atoms. The van der Waals surface area contributed by atoms with Crippen LogP contribution in [0, 0.1) is 11.8 Å². The van der Waals surface area contributed by atoms with E-state index in [1.807, 2.05) is 27.7 Å². The second kappa shape index (κ2) is 6.31. The third-order valence-corrected chi connectivity index (χ3v) is 3.04. The molecule has 0 heterocycles. The quantitative estimate of drug-likeness (QED) is 0.519. The molecule has 0 aliphatic carbocycles. The van der Waals surface area contributed by atoms with Crippen molar-refractivity contribution in [3.63, 3.8) is 0 Å². The van der Waals surface area contributed by atoms with Crippen molar-refractivity contribution in [2.24, 2.45) is 11.8 Å². The first kappa shape index (κ1) is 14.7. The second-order valence-corrected chi connectivity index (χ2v) is 4.89. The molecule has 0 aromatic rings. The molecule has 0 amide bonds. The first-order valence-corrected chi connectivity index (χ1v) is 6.68. The maximum absolute atomic E-state index is 10.4. The van der Waals surface area contributed by atoms with Crippen molar-refractivity contribution < 1.29 is 18.9 Å². The van der Waals surface area contributed by atoms with Gasteiger partial charge in [0.2, 0.25) is 0 Å². The van der Waals surface area contributed by atoms with Gasteiger partial charge in [-0.25, -0.2) is 0 Å². The van der Waals surface area contributed by atoms with Crippen molar-refractivity contribution >= 4 is 7.82 Å². The highest BCUT2D eigenvalue weighted by atomic mass is 31.2. The molecule has 0 spiro atoms. The van der Waals surface area contributed by atoms with E-state index in [9.17, 15) is 14.4 Å². The van der Waals surface area contributed by atoms with Crippen molar-refractivity contribution in [1.82, 2.24) is 0 Å². The third-order valence-electron chi connectivity index (χ3n) is 2.68. The van der Waals surface area contributed by atoms with E-state index in [-0.39, 0.29) is 11.8 Å². The van der Waals surface area contributed by atoms with Crippen LogP contribution in [0.5, 0.6) is 0 Å². The molecule has 2 unspecified atom stereocenters. The van der Waals surface area contributed by atoms with Crippen LogP contribution in [0.4, 0.5) is 0 Å². The Morgan fingerprint density at radius 1 is 1.27 bits per heavy atom. The minimum Gasteiger partial charge on any atom is -0.780 e. The van der Waals surface area contributed by atoms with E-state index in [4.69, 9.17) is 0 Å². The third kappa shape index (κ3) is 5.98. The van der Waals surface area contributed by atoms with Crippen LogP contribution in [0.25, 0.3) is 0 Å². The Hall–Kier alpha value is -0.310. The molecule has 0 fully saturated rings. The highest BCUT2D eigenvalue weighted by Crippen LogP contribution is 2.31. The van der Waals surface area contributed by atoms with E-state index in [0.717, 1.165) is 24.7 Å². The van der Waals surface area contributed by atoms with Gasteiger partial charge < -0.3 is 18.9 Å². The lowest BCUT2D eigenvalue weighted by atomic mass is 9.88. The largest absolute Gasteiger partial charge is 0.780 e. The van der Waals surface area contributed by atoms with Gasteiger partial charge in [-0.2, -0.15) is 0 Å². The molecule has 0 N–H and O–H groups in total. The molecule has 0 aliphatic heterocycles. The average Bonchev–Trinajstić information content (AvgIpc) is 2.15. The number of allylic oxidation sites excluding steroid dienone is 1. The van der Waals surface area contributed by atoms with Gasteiger partial charge in [-0.1, -0.05) is 27.7 Å². The molecule has 0 aromatic heterocycles. The van der Waals surface area contributed by atoms with Crippen molar-refractivity contribution in [2.45, 2.75) is 40.5 Å². The molecule has 0 saturated heterocycles. The molecule has 0 aliphatic rings. The molecule has 2 atom stereocenters. The monoisotopic (exact) mass is 234 g/mol. The molecule has 0 bridgehead atoms. The first-order chi connectivity index (χ1) is 6.81. The Labute approximate surface area is 91.6 Å². The van der Waals surface area contributed by atoms with E-state index in [0.29, 0.717) is 0 Å². The number of phosphoric acid groups is 1. The zero-order valence-electron chi connectivity index (χ0n) is 9.73. The van der Waals surface area contributed by atoms with Gasteiger partial charge in [0, 0.05) is 0 Å². The Bertz CT molecular complexity index is 244. The van der Waals surface area contributed by atoms with Crippen LogP contribution in [0.2, 0.25) is 0 Å². The molecule has 0 rings (SSSR count). The van der Waals surface area contributed by atoms with Crippen LogP contribution in [-0.4, -0.2) is 0 Å². The van der Waals surface area contributed by atoms with Gasteiger partial charge in [0.05, 0.1) is 6.26 Å². The number of hydrogen-bond acceptors (Lipinski definition) is 4. The van der Waals surface area contributed by atoms with Gasteiger partial charge >= 0.3 is 0 Å². The van der Waals surface area contributed by atoms with E-state index in [1.165, 1.54) is 0 Å². The number of phosphoric ester groups is 1. The summed E-state index contributed by atoms with van der Waals surface area (Å²) in [4.78, 5) is 20.7. The van der Waals surface area contributed by atoms with E-state index >= 15 is 0 Å². The maximum Gasteiger partial charge on any atom is 0.113 e. The van der Waals surface area contributed by atoms with E-state index in [1.54, 1.807) is 0 Å². The van der Waals surface area contributed by atoms with Gasteiger partial charge in [-0.3, -0.25) is 0 Å². The summed E-state index contributed by atoms with van der Waals surface area (Å²) < 4.78 is 14.6. The maximum atomic E-state index is 10.4. The van der Waals surface area contributed by atoms with Gasteiger partial charge in [0.1, 0.15) is 7.82 Å². The molecule has 0 aromatic carbocycles. The van der Waals surface area contributed by atoms with Crippen LogP contribution >= 0.6 is 7.82 Å². The topological polar surface area (TPSA) is 72.4 Å². The fourth-order valence-electron chi connectivity index (χ4n) is 1.31. The SMILES string of the molecule is CCC(C)C(=COP(=O)([O-])[O-])C(C)CC. The molecular weight excluding hydrogens is 215 g/mol. The van der Waals surface area contributed by atoms with Crippen LogP contribution in [0.3, 0.4) is 0 Å². The molecular formula is C10H19O4P-2. The molecule has 0 saturated carbocycles. The second-order valence-electron chi connectivity index (χ2n) is 3.79. The summed E-state index contributed by atoms with van der Waals surface area (Å²) in [6, 6.07) is 0. The van der Waals surface area contributed by atoms with Gasteiger partial charge in [-0.15, -0.1) is 0 Å². The van der Waals surface area contributed by atoms with Crippen LogP contribution < -0.4 is 9.79 Å². The molecule has 5 heteroatoms. The summed E-state index contributed by atoms with van der Waals surface area (Å²) in [6.07, 6.45) is 2.90. The van der Waals surface area contributed by atoms with Crippen LogP contribution in [0.15, 0.2) is 11.8 Å². The Kier molecular flexibility index (Phi) is 6.18. The normalized spacial score (nSPS) is 15.6. The highest BCUT2D eigenvalue weighted by Gasteiger charge is 2.13. The van der Waals surface area contributed by atoms with E-state index in [2.05, 4.69) is 4.52 Å². The summed E-state index contributed by atoms with van der Waals surface area (Å²) in [7, 11) is -4.90. The molecule has 4 nitrogen and oxygen atoms in total. The average molecular weight is 234 g/mol. The zero-order valence-corrected chi connectivity index (χ0v) is 10.6. The lowest BCUT2D eigenvalue weighted by Crippen LogP contribution is -2.15. The lowest BCUT2D eigenvalue weighted by Gasteiger charge is -2.29. The van der Waals surface area contributed by atoms with Crippen molar-refractivity contribution in [2.75, 3.05) is 0 Å². The summed E-state index contributed by atoms with van der Waals surface area (Å²) in [5.74, 6) is 0.456. The van der Waals surface area contributed by atoms with Crippen molar-refractivity contribution in [3.05, 3.63) is 11.8 Å². The summed E-state index contributed by atoms with van der Waals surface area (Å²) in [5.41, 5.74) is 0.881. The minimum absolute atomic E-state index is 0.228. The first-order valence-electron chi connectivity index (χ1n) is 5.22. The Balaban J connectivity index is 4.70. The lowest BCUT2D eigenvalue weighted by molar-refractivity contribution is -0.337.